The van der Waals surface area contributed by atoms with E-state index in [1.165, 1.54) is 23.3 Å². The first kappa shape index (κ1) is 13.3. The summed E-state index contributed by atoms with van der Waals surface area (Å²) in [4.78, 5) is 15.5. The lowest BCUT2D eigenvalue weighted by atomic mass is 9.95. The largest absolute Gasteiger partial charge is 0.395 e. The van der Waals surface area contributed by atoms with Crippen molar-refractivity contribution in [2.45, 2.75) is 25.7 Å². The van der Waals surface area contributed by atoms with Gasteiger partial charge < -0.3 is 10.0 Å². The van der Waals surface area contributed by atoms with Crippen LogP contribution >= 0.6 is 11.3 Å². The Balaban J connectivity index is 2.21. The molecule has 0 unspecified atom stereocenters. The Labute approximate surface area is 112 Å². The summed E-state index contributed by atoms with van der Waals surface area (Å²) in [6.45, 7) is 4.51. The zero-order valence-corrected chi connectivity index (χ0v) is 11.3. The molecule has 0 atom stereocenters. The highest BCUT2D eigenvalue weighted by Crippen LogP contribution is 2.30. The molecule has 1 amide bonds. The molecule has 0 saturated heterocycles. The summed E-state index contributed by atoms with van der Waals surface area (Å²) in [5, 5.41) is 11.0. The van der Waals surface area contributed by atoms with Gasteiger partial charge in [-0.25, -0.2) is 0 Å². The molecule has 0 fully saturated rings. The normalized spacial score (nSPS) is 14.1. The molecular formula is C14H19NO2S. The monoisotopic (exact) mass is 265 g/mol. The third-order valence-corrected chi connectivity index (χ3v) is 4.39. The minimum atomic E-state index is -0.00803. The zero-order chi connectivity index (χ0) is 13.0. The topological polar surface area (TPSA) is 40.5 Å². The lowest BCUT2D eigenvalue weighted by molar-refractivity contribution is 0.0742. The van der Waals surface area contributed by atoms with E-state index in [0.29, 0.717) is 13.1 Å². The number of fused-ring (bicyclic) bond motifs is 1. The number of rotatable bonds is 5. The summed E-state index contributed by atoms with van der Waals surface area (Å²) in [5.74, 6) is 0.0309. The van der Waals surface area contributed by atoms with E-state index in [1.54, 1.807) is 22.3 Å². The van der Waals surface area contributed by atoms with E-state index in [1.807, 2.05) is 5.38 Å². The van der Waals surface area contributed by atoms with Crippen molar-refractivity contribution in [2.24, 2.45) is 0 Å². The van der Waals surface area contributed by atoms with E-state index in [4.69, 9.17) is 5.11 Å². The van der Waals surface area contributed by atoms with Crippen LogP contribution in [0.3, 0.4) is 0 Å². The number of thiophene rings is 1. The van der Waals surface area contributed by atoms with Crippen LogP contribution in [-0.4, -0.2) is 35.6 Å². The van der Waals surface area contributed by atoms with Crippen molar-refractivity contribution in [1.82, 2.24) is 4.90 Å². The lowest BCUT2D eigenvalue weighted by Gasteiger charge is -2.21. The van der Waals surface area contributed by atoms with Gasteiger partial charge in [0.15, 0.2) is 0 Å². The van der Waals surface area contributed by atoms with Crippen LogP contribution in [0.25, 0.3) is 0 Å². The van der Waals surface area contributed by atoms with Crippen molar-refractivity contribution in [3.8, 4) is 0 Å². The first-order valence-corrected chi connectivity index (χ1v) is 7.26. The molecule has 1 aliphatic carbocycles. The van der Waals surface area contributed by atoms with E-state index in [9.17, 15) is 4.79 Å². The molecule has 98 valence electrons. The second-order valence-corrected chi connectivity index (χ2v) is 5.49. The summed E-state index contributed by atoms with van der Waals surface area (Å²) in [6.07, 6.45) is 6.22. The van der Waals surface area contributed by atoms with Gasteiger partial charge in [0, 0.05) is 23.3 Å². The fraction of sp³-hybridized carbons (Fsp3) is 0.500. The number of aliphatic hydroxyl groups excluding tert-OH is 1. The van der Waals surface area contributed by atoms with Gasteiger partial charge in [-0.05, 0) is 31.2 Å². The Hall–Kier alpha value is -1.13. The molecule has 1 aromatic heterocycles. The fourth-order valence-corrected chi connectivity index (χ4v) is 3.52. The maximum Gasteiger partial charge on any atom is 0.255 e. The van der Waals surface area contributed by atoms with Crippen LogP contribution in [0.2, 0.25) is 0 Å². The maximum absolute atomic E-state index is 12.4. The highest BCUT2D eigenvalue weighted by Gasteiger charge is 2.23. The number of hydrogen-bond acceptors (Lipinski definition) is 3. The van der Waals surface area contributed by atoms with Crippen molar-refractivity contribution in [2.75, 3.05) is 19.7 Å². The van der Waals surface area contributed by atoms with Gasteiger partial charge in [0.2, 0.25) is 0 Å². The first-order valence-electron chi connectivity index (χ1n) is 6.38. The molecule has 3 nitrogen and oxygen atoms in total. The minimum absolute atomic E-state index is 0.00803. The van der Waals surface area contributed by atoms with Crippen LogP contribution in [0.5, 0.6) is 0 Å². The highest BCUT2D eigenvalue weighted by molar-refractivity contribution is 7.10. The van der Waals surface area contributed by atoms with Crippen molar-refractivity contribution in [3.63, 3.8) is 0 Å². The van der Waals surface area contributed by atoms with Gasteiger partial charge in [0.1, 0.15) is 0 Å². The smallest absolute Gasteiger partial charge is 0.255 e. The molecule has 2 rings (SSSR count). The second kappa shape index (κ2) is 6.16. The van der Waals surface area contributed by atoms with Gasteiger partial charge in [0.25, 0.3) is 5.91 Å². The Morgan fingerprint density at radius 3 is 3.00 bits per heavy atom. The summed E-state index contributed by atoms with van der Waals surface area (Å²) in [7, 11) is 0. The minimum Gasteiger partial charge on any atom is -0.395 e. The number of hydrogen-bond donors (Lipinski definition) is 1. The molecule has 0 aliphatic heterocycles. The summed E-state index contributed by atoms with van der Waals surface area (Å²) in [5.41, 5.74) is 2.08. The Morgan fingerprint density at radius 2 is 2.28 bits per heavy atom. The van der Waals surface area contributed by atoms with Crippen molar-refractivity contribution in [3.05, 3.63) is 34.0 Å². The van der Waals surface area contributed by atoms with E-state index >= 15 is 0 Å². The standard InChI is InChI=1S/C14H19NO2S/c1-2-7-15(8-9-16)14(17)12-10-18-13-6-4-3-5-11(12)13/h2,10,16H,1,3-9H2. The van der Waals surface area contributed by atoms with Gasteiger partial charge in [0.05, 0.1) is 12.2 Å². The van der Waals surface area contributed by atoms with Crippen LogP contribution in [0.4, 0.5) is 0 Å². The number of carbonyl (C=O) groups is 1. The van der Waals surface area contributed by atoms with Gasteiger partial charge in [-0.1, -0.05) is 6.08 Å². The van der Waals surface area contributed by atoms with Gasteiger partial charge in [-0.15, -0.1) is 17.9 Å². The van der Waals surface area contributed by atoms with Crippen molar-refractivity contribution < 1.29 is 9.90 Å². The maximum atomic E-state index is 12.4. The number of nitrogens with zero attached hydrogens (tertiary/aromatic N) is 1. The number of carbonyl (C=O) groups excluding carboxylic acids is 1. The third-order valence-electron chi connectivity index (χ3n) is 3.30. The van der Waals surface area contributed by atoms with Crippen LogP contribution in [-0.2, 0) is 12.8 Å². The van der Waals surface area contributed by atoms with E-state index in [2.05, 4.69) is 6.58 Å². The molecule has 0 spiro atoms. The van der Waals surface area contributed by atoms with Gasteiger partial charge in [-0.3, -0.25) is 4.79 Å². The molecule has 0 radical (unpaired) electrons. The third kappa shape index (κ3) is 2.65. The van der Waals surface area contributed by atoms with Crippen LogP contribution in [0, 0.1) is 0 Å². The summed E-state index contributed by atoms with van der Waals surface area (Å²) in [6, 6.07) is 0. The fourth-order valence-electron chi connectivity index (χ4n) is 2.40. The molecular weight excluding hydrogens is 246 g/mol. The SMILES string of the molecule is C=CCN(CCO)C(=O)c1csc2c1CCCC2. The average molecular weight is 265 g/mol. The van der Waals surface area contributed by atoms with Crippen LogP contribution in [0.15, 0.2) is 18.0 Å². The molecule has 1 N–H and O–H groups in total. The predicted octanol–water partition coefficient (Wildman–Crippen LogP) is 2.25. The van der Waals surface area contributed by atoms with E-state index in [-0.39, 0.29) is 12.5 Å². The molecule has 0 saturated carbocycles. The molecule has 1 heterocycles. The highest BCUT2D eigenvalue weighted by atomic mass is 32.1. The number of aryl methyl sites for hydroxylation is 1. The Kier molecular flexibility index (Phi) is 4.55. The first-order chi connectivity index (χ1) is 8.77. The number of aliphatic hydroxyl groups is 1. The second-order valence-electron chi connectivity index (χ2n) is 4.52. The quantitative estimate of drug-likeness (QED) is 0.830. The van der Waals surface area contributed by atoms with Crippen molar-refractivity contribution >= 4 is 17.2 Å². The molecule has 0 aromatic carbocycles. The number of amides is 1. The Bertz CT molecular complexity index is 439. The van der Waals surface area contributed by atoms with Crippen molar-refractivity contribution in [1.29, 1.82) is 0 Å². The van der Waals surface area contributed by atoms with Gasteiger partial charge in [-0.2, -0.15) is 0 Å². The molecule has 1 aromatic rings. The average Bonchev–Trinajstić information content (AvgIpc) is 2.81. The van der Waals surface area contributed by atoms with Gasteiger partial charge >= 0.3 is 0 Å². The zero-order valence-electron chi connectivity index (χ0n) is 10.5. The van der Waals surface area contributed by atoms with Crippen LogP contribution < -0.4 is 0 Å². The Morgan fingerprint density at radius 1 is 1.50 bits per heavy atom. The predicted molar refractivity (Wildman–Crippen MR) is 74.1 cm³/mol. The van der Waals surface area contributed by atoms with E-state index in [0.717, 1.165) is 18.4 Å². The molecule has 18 heavy (non-hydrogen) atoms. The summed E-state index contributed by atoms with van der Waals surface area (Å²) >= 11 is 1.70. The lowest BCUT2D eigenvalue weighted by Crippen LogP contribution is -2.34. The molecule has 1 aliphatic rings. The van der Waals surface area contributed by atoms with Crippen LogP contribution in [0.1, 0.15) is 33.6 Å². The molecule has 0 bridgehead atoms. The summed E-state index contributed by atoms with van der Waals surface area (Å²) < 4.78 is 0. The van der Waals surface area contributed by atoms with E-state index < -0.39 is 0 Å². The molecule has 4 heteroatoms.